The number of benzene rings is 2. The predicted octanol–water partition coefficient (Wildman–Crippen LogP) is 3.29. The van der Waals surface area contributed by atoms with E-state index >= 15 is 0 Å². The van der Waals surface area contributed by atoms with Crippen LogP contribution in [-0.2, 0) is 0 Å². The Morgan fingerprint density at radius 2 is 1.63 bits per heavy atom. The number of nitro groups is 1. The topological polar surface area (TPSA) is 63.4 Å². The molecule has 98 valence electrons. The van der Waals surface area contributed by atoms with E-state index in [0.29, 0.717) is 11.1 Å². The fourth-order valence-corrected chi connectivity index (χ4v) is 1.93. The number of hydrogen-bond donors (Lipinski definition) is 1. The van der Waals surface area contributed by atoms with Crippen LogP contribution in [0.25, 0.3) is 0 Å². The van der Waals surface area contributed by atoms with Gasteiger partial charge in [-0.25, -0.2) is 0 Å². The monoisotopic (exact) mass is 257 g/mol. The SMILES string of the molecule is Cc1ccc([C@@H](O)c2ccc(C)c([N+](=O)[O-])c2)cc1. The van der Waals surface area contributed by atoms with Gasteiger partial charge in [0.1, 0.15) is 6.10 Å². The maximum Gasteiger partial charge on any atom is 0.272 e. The molecule has 0 saturated heterocycles. The summed E-state index contributed by atoms with van der Waals surface area (Å²) in [5.41, 5.74) is 2.98. The van der Waals surface area contributed by atoms with Gasteiger partial charge in [0.15, 0.2) is 0 Å². The van der Waals surface area contributed by atoms with Gasteiger partial charge in [-0.1, -0.05) is 42.0 Å². The molecule has 1 N–H and O–H groups in total. The Hall–Kier alpha value is -2.20. The summed E-state index contributed by atoms with van der Waals surface area (Å²) < 4.78 is 0. The van der Waals surface area contributed by atoms with Gasteiger partial charge < -0.3 is 5.11 Å². The molecule has 0 heterocycles. The Bertz CT molecular complexity index is 605. The van der Waals surface area contributed by atoms with Crippen molar-refractivity contribution in [2.75, 3.05) is 0 Å². The zero-order valence-electron chi connectivity index (χ0n) is 10.8. The number of nitro benzene ring substituents is 1. The van der Waals surface area contributed by atoms with Gasteiger partial charge in [0, 0.05) is 11.6 Å². The van der Waals surface area contributed by atoms with Crippen molar-refractivity contribution in [1.82, 2.24) is 0 Å². The molecule has 1 atom stereocenters. The lowest BCUT2D eigenvalue weighted by Crippen LogP contribution is -2.01. The molecule has 0 bridgehead atoms. The molecule has 0 aliphatic heterocycles. The largest absolute Gasteiger partial charge is 0.384 e. The molecule has 0 unspecified atom stereocenters. The second-order valence-corrected chi connectivity index (χ2v) is 4.62. The molecule has 4 heteroatoms. The highest BCUT2D eigenvalue weighted by Crippen LogP contribution is 2.27. The lowest BCUT2D eigenvalue weighted by molar-refractivity contribution is -0.385. The van der Waals surface area contributed by atoms with E-state index in [9.17, 15) is 15.2 Å². The van der Waals surface area contributed by atoms with Gasteiger partial charge in [0.25, 0.3) is 5.69 Å². The van der Waals surface area contributed by atoms with Crippen molar-refractivity contribution in [3.05, 3.63) is 74.8 Å². The minimum Gasteiger partial charge on any atom is -0.384 e. The first kappa shape index (κ1) is 13.2. The average molecular weight is 257 g/mol. The van der Waals surface area contributed by atoms with Crippen LogP contribution in [0, 0.1) is 24.0 Å². The molecule has 4 nitrogen and oxygen atoms in total. The number of aliphatic hydroxyl groups is 1. The Balaban J connectivity index is 2.38. The highest BCUT2D eigenvalue weighted by atomic mass is 16.6. The molecule has 2 aromatic rings. The zero-order valence-corrected chi connectivity index (χ0v) is 10.8. The van der Waals surface area contributed by atoms with Crippen LogP contribution in [-0.4, -0.2) is 10.0 Å². The zero-order chi connectivity index (χ0) is 14.0. The van der Waals surface area contributed by atoms with Crippen molar-refractivity contribution >= 4 is 5.69 Å². The standard InChI is InChI=1S/C15H15NO3/c1-10-3-6-12(7-4-10)15(17)13-8-5-11(2)14(9-13)16(18)19/h3-9,15,17H,1-2H3/t15-/m1/s1. The smallest absolute Gasteiger partial charge is 0.272 e. The van der Waals surface area contributed by atoms with Gasteiger partial charge >= 0.3 is 0 Å². The molecule has 0 fully saturated rings. The maximum absolute atomic E-state index is 10.9. The van der Waals surface area contributed by atoms with Crippen molar-refractivity contribution in [2.45, 2.75) is 20.0 Å². The van der Waals surface area contributed by atoms with E-state index in [2.05, 4.69) is 0 Å². The van der Waals surface area contributed by atoms with Gasteiger partial charge in [0.05, 0.1) is 4.92 Å². The molecule has 0 amide bonds. The van der Waals surface area contributed by atoms with Gasteiger partial charge in [0.2, 0.25) is 0 Å². The van der Waals surface area contributed by atoms with Crippen molar-refractivity contribution in [1.29, 1.82) is 0 Å². The Kier molecular flexibility index (Phi) is 3.62. The highest BCUT2D eigenvalue weighted by molar-refractivity contribution is 5.45. The normalized spacial score (nSPS) is 12.2. The highest BCUT2D eigenvalue weighted by Gasteiger charge is 2.16. The van der Waals surface area contributed by atoms with E-state index in [1.165, 1.54) is 6.07 Å². The molecule has 19 heavy (non-hydrogen) atoms. The van der Waals surface area contributed by atoms with E-state index in [4.69, 9.17) is 0 Å². The molecule has 2 rings (SSSR count). The first-order chi connectivity index (χ1) is 8.99. The van der Waals surface area contributed by atoms with Crippen LogP contribution < -0.4 is 0 Å². The average Bonchev–Trinajstić information content (AvgIpc) is 2.39. The number of rotatable bonds is 3. The molecule has 0 aliphatic rings. The maximum atomic E-state index is 10.9. The fourth-order valence-electron chi connectivity index (χ4n) is 1.93. The van der Waals surface area contributed by atoms with Crippen molar-refractivity contribution in [3.63, 3.8) is 0 Å². The van der Waals surface area contributed by atoms with Gasteiger partial charge in [-0.3, -0.25) is 10.1 Å². The van der Waals surface area contributed by atoms with Crippen molar-refractivity contribution < 1.29 is 10.0 Å². The van der Waals surface area contributed by atoms with Gasteiger partial charge in [-0.05, 0) is 25.0 Å². The van der Waals surface area contributed by atoms with Crippen LogP contribution in [0.15, 0.2) is 42.5 Å². The first-order valence-electron chi connectivity index (χ1n) is 5.98. The molecular formula is C15H15NO3. The molecule has 0 radical (unpaired) electrons. The third-order valence-corrected chi connectivity index (χ3v) is 3.14. The van der Waals surface area contributed by atoms with E-state index in [1.54, 1.807) is 19.1 Å². The molecule has 0 saturated carbocycles. The summed E-state index contributed by atoms with van der Waals surface area (Å²) in [5.74, 6) is 0. The van der Waals surface area contributed by atoms with E-state index < -0.39 is 11.0 Å². The van der Waals surface area contributed by atoms with E-state index in [0.717, 1.165) is 11.1 Å². The molecule has 0 spiro atoms. The van der Waals surface area contributed by atoms with E-state index in [-0.39, 0.29) is 5.69 Å². The molecule has 2 aromatic carbocycles. The third kappa shape index (κ3) is 2.80. The second kappa shape index (κ2) is 5.20. The summed E-state index contributed by atoms with van der Waals surface area (Å²) in [7, 11) is 0. The Morgan fingerprint density at radius 1 is 1.05 bits per heavy atom. The lowest BCUT2D eigenvalue weighted by atomic mass is 9.99. The number of aryl methyl sites for hydroxylation is 2. The number of nitrogens with zero attached hydrogens (tertiary/aromatic N) is 1. The van der Waals surface area contributed by atoms with Gasteiger partial charge in [-0.15, -0.1) is 0 Å². The fraction of sp³-hybridized carbons (Fsp3) is 0.200. The summed E-state index contributed by atoms with van der Waals surface area (Å²) in [6.07, 6.45) is -0.847. The molecular weight excluding hydrogens is 242 g/mol. The minimum absolute atomic E-state index is 0.0312. The molecule has 0 aromatic heterocycles. The summed E-state index contributed by atoms with van der Waals surface area (Å²) in [6.45, 7) is 3.65. The van der Waals surface area contributed by atoms with Crippen LogP contribution in [0.5, 0.6) is 0 Å². The summed E-state index contributed by atoms with van der Waals surface area (Å²) in [6, 6.07) is 12.3. The lowest BCUT2D eigenvalue weighted by Gasteiger charge is -2.12. The second-order valence-electron chi connectivity index (χ2n) is 4.62. The Labute approximate surface area is 111 Å². The predicted molar refractivity (Wildman–Crippen MR) is 73.1 cm³/mol. The molecule has 0 aliphatic carbocycles. The Morgan fingerprint density at radius 3 is 2.21 bits per heavy atom. The number of hydrogen-bond acceptors (Lipinski definition) is 3. The van der Waals surface area contributed by atoms with Crippen molar-refractivity contribution in [2.24, 2.45) is 0 Å². The van der Waals surface area contributed by atoms with Crippen LogP contribution in [0.2, 0.25) is 0 Å². The van der Waals surface area contributed by atoms with E-state index in [1.807, 2.05) is 31.2 Å². The van der Waals surface area contributed by atoms with Crippen LogP contribution in [0.4, 0.5) is 5.69 Å². The summed E-state index contributed by atoms with van der Waals surface area (Å²) in [4.78, 5) is 10.5. The van der Waals surface area contributed by atoms with Crippen LogP contribution in [0.1, 0.15) is 28.4 Å². The van der Waals surface area contributed by atoms with Gasteiger partial charge in [-0.2, -0.15) is 0 Å². The number of aliphatic hydroxyl groups excluding tert-OH is 1. The van der Waals surface area contributed by atoms with Crippen LogP contribution >= 0.6 is 0 Å². The summed E-state index contributed by atoms with van der Waals surface area (Å²) in [5, 5.41) is 21.2. The van der Waals surface area contributed by atoms with Crippen molar-refractivity contribution in [3.8, 4) is 0 Å². The minimum atomic E-state index is -0.847. The summed E-state index contributed by atoms with van der Waals surface area (Å²) >= 11 is 0. The van der Waals surface area contributed by atoms with Crippen LogP contribution in [0.3, 0.4) is 0 Å². The third-order valence-electron chi connectivity index (χ3n) is 3.14. The first-order valence-corrected chi connectivity index (χ1v) is 5.98. The quantitative estimate of drug-likeness (QED) is 0.677.